The molecular weight excluding hydrogens is 319 g/mol. The van der Waals surface area contributed by atoms with Gasteiger partial charge in [-0.25, -0.2) is 0 Å². The van der Waals surface area contributed by atoms with Gasteiger partial charge in [-0.1, -0.05) is 30.1 Å². The fourth-order valence-electron chi connectivity index (χ4n) is 1.68. The molecule has 0 saturated carbocycles. The minimum atomic E-state index is -0.113. The van der Waals surface area contributed by atoms with Crippen LogP contribution in [0.5, 0.6) is 0 Å². The third kappa shape index (κ3) is 5.05. The van der Waals surface area contributed by atoms with Gasteiger partial charge in [0.2, 0.25) is 5.91 Å². The number of nitrogens with zero attached hydrogens (tertiary/aromatic N) is 2. The summed E-state index contributed by atoms with van der Waals surface area (Å²) in [6.45, 7) is 3.08. The molecule has 4 nitrogen and oxygen atoms in total. The molecule has 1 rings (SSSR count). The number of amides is 1. The van der Waals surface area contributed by atoms with E-state index in [0.717, 1.165) is 6.42 Å². The van der Waals surface area contributed by atoms with Crippen molar-refractivity contribution in [2.75, 3.05) is 33.7 Å². The van der Waals surface area contributed by atoms with Crippen molar-refractivity contribution in [3.63, 3.8) is 0 Å². The number of Topliss-reactive ketones (excluding diaryl/α,β-unsaturated/α-hetero) is 1. The fraction of sp³-hybridized carbons (Fsp3) is 0.538. The van der Waals surface area contributed by atoms with Gasteiger partial charge in [0.1, 0.15) is 4.34 Å². The highest BCUT2D eigenvalue weighted by molar-refractivity contribution is 7.20. The van der Waals surface area contributed by atoms with Crippen LogP contribution in [0.1, 0.15) is 23.7 Å². The molecule has 0 N–H and O–H groups in total. The van der Waals surface area contributed by atoms with E-state index in [0.29, 0.717) is 20.8 Å². The molecule has 112 valence electrons. The van der Waals surface area contributed by atoms with Crippen LogP contribution in [0.4, 0.5) is 0 Å². The van der Waals surface area contributed by atoms with Crippen molar-refractivity contribution in [3.8, 4) is 0 Å². The number of likely N-dealkylation sites (N-methyl/N-ethyl adjacent to an activating group) is 1. The molecule has 1 aromatic rings. The molecule has 0 atom stereocenters. The van der Waals surface area contributed by atoms with Gasteiger partial charge in [0.25, 0.3) is 0 Å². The van der Waals surface area contributed by atoms with Crippen LogP contribution in [-0.2, 0) is 4.79 Å². The zero-order chi connectivity index (χ0) is 15.3. The first kappa shape index (κ1) is 17.4. The first-order chi connectivity index (χ1) is 9.35. The zero-order valence-electron chi connectivity index (χ0n) is 11.8. The second kappa shape index (κ2) is 7.98. The molecule has 0 aliphatic carbocycles. The lowest BCUT2D eigenvalue weighted by atomic mass is 10.2. The average Bonchev–Trinajstić information content (AvgIpc) is 2.68. The topological polar surface area (TPSA) is 40.6 Å². The molecule has 0 bridgehead atoms. The van der Waals surface area contributed by atoms with E-state index in [1.54, 1.807) is 20.2 Å². The van der Waals surface area contributed by atoms with E-state index < -0.39 is 0 Å². The second-order valence-electron chi connectivity index (χ2n) is 4.66. The molecule has 0 fully saturated rings. The minimum Gasteiger partial charge on any atom is -0.348 e. The number of thiophene rings is 1. The number of ketones is 1. The van der Waals surface area contributed by atoms with Crippen LogP contribution < -0.4 is 0 Å². The monoisotopic (exact) mass is 336 g/mol. The van der Waals surface area contributed by atoms with Gasteiger partial charge in [-0.05, 0) is 19.0 Å². The van der Waals surface area contributed by atoms with Gasteiger partial charge in [0.05, 0.1) is 23.0 Å². The molecule has 7 heteroatoms. The van der Waals surface area contributed by atoms with E-state index in [4.69, 9.17) is 23.2 Å². The third-order valence-electron chi connectivity index (χ3n) is 2.72. The third-order valence-corrected chi connectivity index (χ3v) is 4.21. The number of rotatable bonds is 7. The molecule has 0 aliphatic heterocycles. The number of hydrogen-bond donors (Lipinski definition) is 0. The lowest BCUT2D eigenvalue weighted by molar-refractivity contribution is -0.129. The highest BCUT2D eigenvalue weighted by atomic mass is 35.5. The van der Waals surface area contributed by atoms with Gasteiger partial charge in [0.15, 0.2) is 5.78 Å². The summed E-state index contributed by atoms with van der Waals surface area (Å²) in [5.74, 6) is -0.140. The van der Waals surface area contributed by atoms with Crippen molar-refractivity contribution in [2.24, 2.45) is 0 Å². The van der Waals surface area contributed by atoms with Crippen LogP contribution in [0.2, 0.25) is 8.67 Å². The molecule has 0 unspecified atom stereocenters. The summed E-state index contributed by atoms with van der Waals surface area (Å²) < 4.78 is 0.889. The minimum absolute atomic E-state index is 0.0271. The molecule has 0 aliphatic rings. The van der Waals surface area contributed by atoms with Crippen molar-refractivity contribution in [1.29, 1.82) is 0 Å². The predicted octanol–water partition coefficient (Wildman–Crippen LogP) is 3.04. The Morgan fingerprint density at radius 2 is 1.90 bits per heavy atom. The first-order valence-electron chi connectivity index (χ1n) is 6.25. The number of carbonyl (C=O) groups is 2. The summed E-state index contributed by atoms with van der Waals surface area (Å²) in [6.07, 6.45) is 0.867. The summed E-state index contributed by atoms with van der Waals surface area (Å²) in [4.78, 5) is 27.3. The second-order valence-corrected chi connectivity index (χ2v) is 6.95. The molecule has 0 saturated heterocycles. The van der Waals surface area contributed by atoms with Crippen LogP contribution >= 0.6 is 34.5 Å². The number of halogens is 2. The molecule has 0 radical (unpaired) electrons. The highest BCUT2D eigenvalue weighted by Crippen LogP contribution is 2.31. The van der Waals surface area contributed by atoms with Gasteiger partial charge >= 0.3 is 0 Å². The Hall–Kier alpha value is -0.620. The van der Waals surface area contributed by atoms with Crippen molar-refractivity contribution in [3.05, 3.63) is 20.3 Å². The zero-order valence-corrected chi connectivity index (χ0v) is 14.1. The molecule has 0 aromatic carbocycles. The van der Waals surface area contributed by atoms with Crippen molar-refractivity contribution in [2.45, 2.75) is 13.3 Å². The molecule has 1 amide bonds. The smallest absolute Gasteiger partial charge is 0.236 e. The predicted molar refractivity (Wildman–Crippen MR) is 84.1 cm³/mol. The van der Waals surface area contributed by atoms with E-state index in [-0.39, 0.29) is 24.8 Å². The molecule has 1 aromatic heterocycles. The van der Waals surface area contributed by atoms with Gasteiger partial charge in [-0.2, -0.15) is 0 Å². The Morgan fingerprint density at radius 3 is 2.35 bits per heavy atom. The van der Waals surface area contributed by atoms with E-state index >= 15 is 0 Å². The first-order valence-corrected chi connectivity index (χ1v) is 7.83. The van der Waals surface area contributed by atoms with E-state index in [1.807, 2.05) is 11.8 Å². The van der Waals surface area contributed by atoms with E-state index in [2.05, 4.69) is 0 Å². The molecule has 0 spiro atoms. The quantitative estimate of drug-likeness (QED) is 0.718. The van der Waals surface area contributed by atoms with Gasteiger partial charge in [-0.15, -0.1) is 11.3 Å². The van der Waals surface area contributed by atoms with Gasteiger partial charge < -0.3 is 4.90 Å². The van der Waals surface area contributed by atoms with Crippen LogP contribution in [0.3, 0.4) is 0 Å². The Labute approximate surface area is 133 Å². The van der Waals surface area contributed by atoms with Crippen molar-refractivity contribution >= 4 is 46.2 Å². The van der Waals surface area contributed by atoms with Crippen LogP contribution in [0.25, 0.3) is 0 Å². The molecular formula is C13H18Cl2N2O2S. The van der Waals surface area contributed by atoms with Crippen molar-refractivity contribution < 1.29 is 9.59 Å². The fourth-order valence-corrected chi connectivity index (χ4v) is 3.18. The normalized spacial score (nSPS) is 10.9. The molecule has 20 heavy (non-hydrogen) atoms. The highest BCUT2D eigenvalue weighted by Gasteiger charge is 2.19. The van der Waals surface area contributed by atoms with Crippen LogP contribution in [0, 0.1) is 0 Å². The number of hydrogen-bond acceptors (Lipinski definition) is 4. The van der Waals surface area contributed by atoms with Crippen LogP contribution in [0.15, 0.2) is 6.07 Å². The summed E-state index contributed by atoms with van der Waals surface area (Å²) in [6, 6.07) is 1.58. The number of carbonyl (C=O) groups excluding carboxylic acids is 2. The summed E-state index contributed by atoms with van der Waals surface area (Å²) >= 11 is 13.0. The lowest BCUT2D eigenvalue weighted by Crippen LogP contribution is -2.39. The lowest BCUT2D eigenvalue weighted by Gasteiger charge is -2.22. The largest absolute Gasteiger partial charge is 0.348 e. The Balaban J connectivity index is 2.72. The Bertz CT molecular complexity index is 489. The summed E-state index contributed by atoms with van der Waals surface area (Å²) in [7, 11) is 3.40. The van der Waals surface area contributed by atoms with E-state index in [1.165, 1.54) is 16.2 Å². The SMILES string of the molecule is CCCN(CC(=O)c1cc(Cl)sc1Cl)CC(=O)N(C)C. The Kier molecular flexibility index (Phi) is 6.95. The Morgan fingerprint density at radius 1 is 1.25 bits per heavy atom. The van der Waals surface area contributed by atoms with Crippen LogP contribution in [-0.4, -0.2) is 55.2 Å². The maximum Gasteiger partial charge on any atom is 0.236 e. The average molecular weight is 337 g/mol. The molecule has 1 heterocycles. The van der Waals surface area contributed by atoms with Gasteiger partial charge in [-0.3, -0.25) is 14.5 Å². The maximum absolute atomic E-state index is 12.2. The summed E-state index contributed by atoms with van der Waals surface area (Å²) in [5.41, 5.74) is 0.431. The van der Waals surface area contributed by atoms with E-state index in [9.17, 15) is 9.59 Å². The standard InChI is InChI=1S/C13H18Cl2N2O2S/c1-4-5-17(8-12(19)16(2)3)7-10(18)9-6-11(14)20-13(9)15/h6H,4-5,7-8H2,1-3H3. The summed E-state index contributed by atoms with van der Waals surface area (Å²) in [5, 5.41) is 0. The maximum atomic E-state index is 12.2. The van der Waals surface area contributed by atoms with Gasteiger partial charge in [0, 0.05) is 14.1 Å². The van der Waals surface area contributed by atoms with Crippen molar-refractivity contribution in [1.82, 2.24) is 9.80 Å².